The molecule has 0 atom stereocenters. The van der Waals surface area contributed by atoms with Crippen LogP contribution in [0.25, 0.3) is 11.3 Å². The molecular weight excluding hydrogens is 352 g/mol. The fourth-order valence-corrected chi connectivity index (χ4v) is 3.06. The number of rotatable bonds is 4. The van der Waals surface area contributed by atoms with Crippen LogP contribution in [-0.2, 0) is 4.79 Å². The molecule has 6 nitrogen and oxygen atoms in total. The van der Waals surface area contributed by atoms with Crippen LogP contribution in [0.15, 0.2) is 49.1 Å². The van der Waals surface area contributed by atoms with Crippen molar-refractivity contribution in [2.75, 3.05) is 31.1 Å². The topological polar surface area (TPSA) is 79.5 Å². The molecule has 2 aromatic rings. The van der Waals surface area contributed by atoms with Crippen molar-refractivity contribution in [1.29, 1.82) is 0 Å². The van der Waals surface area contributed by atoms with Gasteiger partial charge >= 0.3 is 0 Å². The Labute approximate surface area is 156 Å². The summed E-state index contributed by atoms with van der Waals surface area (Å²) in [7, 11) is 0. The first-order valence-electron chi connectivity index (χ1n) is 8.22. The first-order valence-corrected chi connectivity index (χ1v) is 8.60. The van der Waals surface area contributed by atoms with Gasteiger partial charge in [0, 0.05) is 36.8 Å². The second kappa shape index (κ2) is 7.58. The molecule has 1 aromatic heterocycles. The van der Waals surface area contributed by atoms with Gasteiger partial charge in [0.05, 0.1) is 11.3 Å². The average Bonchev–Trinajstić information content (AvgIpc) is 2.67. The van der Waals surface area contributed by atoms with Gasteiger partial charge in [-0.1, -0.05) is 30.3 Å². The summed E-state index contributed by atoms with van der Waals surface area (Å²) in [4.78, 5) is 32.0. The summed E-state index contributed by atoms with van der Waals surface area (Å²) in [6, 6.07) is 10.6. The predicted octanol–water partition coefficient (Wildman–Crippen LogP) is 2.34. The molecule has 0 bridgehead atoms. The van der Waals surface area contributed by atoms with Crippen molar-refractivity contribution in [2.24, 2.45) is 5.73 Å². The predicted molar refractivity (Wildman–Crippen MR) is 102 cm³/mol. The van der Waals surface area contributed by atoms with Crippen LogP contribution in [0.1, 0.15) is 10.4 Å². The highest BCUT2D eigenvalue weighted by Gasteiger charge is 2.22. The SMILES string of the molecule is C=CC(=O)N1CCN(c2ccc(C(N)=O)c(-c3ccc(Cl)cc3)n2)CC1. The summed E-state index contributed by atoms with van der Waals surface area (Å²) in [5, 5.41) is 0.605. The van der Waals surface area contributed by atoms with E-state index in [4.69, 9.17) is 17.3 Å². The third kappa shape index (κ3) is 3.70. The fourth-order valence-electron chi connectivity index (χ4n) is 2.94. The Morgan fingerprint density at radius 3 is 2.31 bits per heavy atom. The highest BCUT2D eigenvalue weighted by molar-refractivity contribution is 6.30. The molecule has 0 aliphatic carbocycles. The van der Waals surface area contributed by atoms with Gasteiger partial charge in [0.2, 0.25) is 5.91 Å². The lowest BCUT2D eigenvalue weighted by Crippen LogP contribution is -2.48. The number of carbonyl (C=O) groups is 2. The molecule has 3 rings (SSSR count). The Morgan fingerprint density at radius 1 is 1.08 bits per heavy atom. The van der Waals surface area contributed by atoms with Gasteiger partial charge in [-0.25, -0.2) is 4.98 Å². The van der Waals surface area contributed by atoms with E-state index in [1.54, 1.807) is 29.2 Å². The van der Waals surface area contributed by atoms with Gasteiger partial charge in [-0.2, -0.15) is 0 Å². The Morgan fingerprint density at radius 2 is 1.73 bits per heavy atom. The summed E-state index contributed by atoms with van der Waals surface area (Å²) in [5.41, 5.74) is 7.16. The minimum absolute atomic E-state index is 0.0662. The van der Waals surface area contributed by atoms with Crippen molar-refractivity contribution in [3.05, 3.63) is 59.6 Å². The Bertz CT molecular complexity index is 843. The van der Waals surface area contributed by atoms with Gasteiger partial charge in [0.1, 0.15) is 5.82 Å². The van der Waals surface area contributed by atoms with E-state index < -0.39 is 5.91 Å². The number of anilines is 1. The van der Waals surface area contributed by atoms with Crippen molar-refractivity contribution in [2.45, 2.75) is 0 Å². The Balaban J connectivity index is 1.89. The van der Waals surface area contributed by atoms with Gasteiger partial charge in [-0.3, -0.25) is 9.59 Å². The van der Waals surface area contributed by atoms with Crippen LogP contribution in [0, 0.1) is 0 Å². The maximum Gasteiger partial charge on any atom is 0.250 e. The number of benzene rings is 1. The Kier molecular flexibility index (Phi) is 5.23. The zero-order valence-corrected chi connectivity index (χ0v) is 14.9. The van der Waals surface area contributed by atoms with Gasteiger partial charge in [0.15, 0.2) is 0 Å². The van der Waals surface area contributed by atoms with Crippen LogP contribution in [-0.4, -0.2) is 47.9 Å². The van der Waals surface area contributed by atoms with Crippen LogP contribution in [0.3, 0.4) is 0 Å². The third-order valence-electron chi connectivity index (χ3n) is 4.35. The van der Waals surface area contributed by atoms with Crippen molar-refractivity contribution >= 4 is 29.2 Å². The molecule has 134 valence electrons. The molecule has 1 fully saturated rings. The van der Waals surface area contributed by atoms with Crippen LogP contribution in [0.2, 0.25) is 5.02 Å². The molecule has 1 saturated heterocycles. The maximum absolute atomic E-state index is 11.8. The molecule has 0 radical (unpaired) electrons. The van der Waals surface area contributed by atoms with Crippen LogP contribution < -0.4 is 10.6 Å². The molecule has 1 aliphatic heterocycles. The van der Waals surface area contributed by atoms with E-state index in [9.17, 15) is 9.59 Å². The Hall–Kier alpha value is -2.86. The van der Waals surface area contributed by atoms with Crippen molar-refractivity contribution < 1.29 is 9.59 Å². The number of aromatic nitrogens is 1. The molecule has 2 heterocycles. The molecule has 0 unspecified atom stereocenters. The number of amides is 2. The van der Waals surface area contributed by atoms with E-state index >= 15 is 0 Å². The summed E-state index contributed by atoms with van der Waals surface area (Å²) in [6.45, 7) is 6.03. The molecule has 26 heavy (non-hydrogen) atoms. The molecule has 1 aromatic carbocycles. The van der Waals surface area contributed by atoms with Crippen LogP contribution >= 0.6 is 11.6 Å². The number of nitrogens with zero attached hydrogens (tertiary/aromatic N) is 3. The molecule has 0 spiro atoms. The quantitative estimate of drug-likeness (QED) is 0.838. The number of hydrogen-bond acceptors (Lipinski definition) is 4. The monoisotopic (exact) mass is 370 g/mol. The summed E-state index contributed by atoms with van der Waals surface area (Å²) in [6.07, 6.45) is 1.33. The average molecular weight is 371 g/mol. The minimum Gasteiger partial charge on any atom is -0.366 e. The van der Waals surface area contributed by atoms with Gasteiger partial charge in [-0.05, 0) is 30.3 Å². The van der Waals surface area contributed by atoms with Gasteiger partial charge in [0.25, 0.3) is 5.91 Å². The number of pyridine rings is 1. The van der Waals surface area contributed by atoms with E-state index in [-0.39, 0.29) is 5.91 Å². The van der Waals surface area contributed by atoms with Gasteiger partial charge < -0.3 is 15.5 Å². The van der Waals surface area contributed by atoms with Crippen molar-refractivity contribution in [1.82, 2.24) is 9.88 Å². The lowest BCUT2D eigenvalue weighted by Gasteiger charge is -2.35. The number of nitrogens with two attached hydrogens (primary N) is 1. The number of halogens is 1. The molecule has 1 aliphatic rings. The first-order chi connectivity index (χ1) is 12.5. The number of primary amides is 1. The largest absolute Gasteiger partial charge is 0.366 e. The summed E-state index contributed by atoms with van der Waals surface area (Å²) in [5.74, 6) is 0.143. The van der Waals surface area contributed by atoms with Crippen molar-refractivity contribution in [3.63, 3.8) is 0 Å². The highest BCUT2D eigenvalue weighted by Crippen LogP contribution is 2.26. The standard InChI is InChI=1S/C19H19ClN4O2/c1-2-17(25)24-11-9-23(10-12-24)16-8-7-15(19(21)26)18(22-16)13-3-5-14(20)6-4-13/h2-8H,1,9-12H2,(H2,21,26). The van der Waals surface area contributed by atoms with Gasteiger partial charge in [-0.15, -0.1) is 0 Å². The zero-order chi connectivity index (χ0) is 18.7. The smallest absolute Gasteiger partial charge is 0.250 e. The molecule has 0 saturated carbocycles. The maximum atomic E-state index is 11.8. The fraction of sp³-hybridized carbons (Fsp3) is 0.211. The normalized spacial score (nSPS) is 14.2. The summed E-state index contributed by atoms with van der Waals surface area (Å²) < 4.78 is 0. The minimum atomic E-state index is -0.532. The van der Waals surface area contributed by atoms with Crippen LogP contribution in [0.4, 0.5) is 5.82 Å². The molecule has 7 heteroatoms. The van der Waals surface area contributed by atoms with E-state index in [2.05, 4.69) is 16.5 Å². The highest BCUT2D eigenvalue weighted by atomic mass is 35.5. The van der Waals surface area contributed by atoms with Crippen molar-refractivity contribution in [3.8, 4) is 11.3 Å². The second-order valence-electron chi connectivity index (χ2n) is 5.95. The van der Waals surface area contributed by atoms with E-state index in [1.807, 2.05) is 12.1 Å². The molecule has 2 amide bonds. The van der Waals surface area contributed by atoms with E-state index in [1.165, 1.54) is 6.08 Å². The summed E-state index contributed by atoms with van der Waals surface area (Å²) >= 11 is 5.95. The molecular formula is C19H19ClN4O2. The number of hydrogen-bond donors (Lipinski definition) is 1. The first kappa shape index (κ1) is 17.9. The number of piperazine rings is 1. The van der Waals surface area contributed by atoms with E-state index in [0.29, 0.717) is 42.5 Å². The second-order valence-corrected chi connectivity index (χ2v) is 6.39. The zero-order valence-electron chi connectivity index (χ0n) is 14.2. The molecule has 2 N–H and O–H groups in total. The number of carbonyl (C=O) groups excluding carboxylic acids is 2. The lowest BCUT2D eigenvalue weighted by molar-refractivity contribution is -0.126. The van der Waals surface area contributed by atoms with E-state index in [0.717, 1.165) is 11.4 Å². The van der Waals surface area contributed by atoms with Crippen LogP contribution in [0.5, 0.6) is 0 Å². The lowest BCUT2D eigenvalue weighted by atomic mass is 10.1. The third-order valence-corrected chi connectivity index (χ3v) is 4.61.